The Bertz CT molecular complexity index is 2350. The molecule has 0 bridgehead atoms. The highest BCUT2D eigenvalue weighted by atomic mass is 35.5. The van der Waals surface area contributed by atoms with Crippen molar-refractivity contribution in [3.05, 3.63) is 131 Å². The molecule has 41 heavy (non-hydrogen) atoms. The second-order valence-corrected chi connectivity index (χ2v) is 11.3. The number of nitrogens with zero attached hydrogens (tertiary/aromatic N) is 2. The lowest BCUT2D eigenvalue weighted by atomic mass is 9.83. The van der Waals surface area contributed by atoms with Crippen molar-refractivity contribution in [3.8, 4) is 11.1 Å². The fourth-order valence-corrected chi connectivity index (χ4v) is 7.26. The van der Waals surface area contributed by atoms with Gasteiger partial charge in [0, 0.05) is 27.6 Å². The highest BCUT2D eigenvalue weighted by Gasteiger charge is 2.33. The van der Waals surface area contributed by atoms with Gasteiger partial charge in [0.1, 0.15) is 11.2 Å². The number of aryl methyl sites for hydroxylation is 1. The monoisotopic (exact) mass is 546 g/mol. The first-order valence-corrected chi connectivity index (χ1v) is 14.4. The van der Waals surface area contributed by atoms with Crippen molar-refractivity contribution in [1.29, 1.82) is 0 Å². The van der Waals surface area contributed by atoms with Crippen LogP contribution in [0, 0.1) is 0 Å². The molecule has 0 spiro atoms. The Morgan fingerprint density at radius 2 is 1.34 bits per heavy atom. The third-order valence-electron chi connectivity index (χ3n) is 8.78. The molecule has 1 unspecified atom stereocenters. The predicted molar refractivity (Wildman–Crippen MR) is 169 cm³/mol. The van der Waals surface area contributed by atoms with Gasteiger partial charge in [-0.1, -0.05) is 103 Å². The lowest BCUT2D eigenvalue weighted by Crippen LogP contribution is -2.08. The number of fused-ring (bicyclic) bond motifs is 13. The van der Waals surface area contributed by atoms with E-state index in [0.29, 0.717) is 5.15 Å². The Labute approximate surface area is 241 Å². The van der Waals surface area contributed by atoms with Crippen molar-refractivity contribution in [1.82, 2.24) is 9.97 Å². The zero-order valence-corrected chi connectivity index (χ0v) is 22.8. The first-order valence-electron chi connectivity index (χ1n) is 14.1. The van der Waals surface area contributed by atoms with Crippen LogP contribution in [0.4, 0.5) is 0 Å². The van der Waals surface area contributed by atoms with Crippen molar-refractivity contribution in [3.63, 3.8) is 0 Å². The molecule has 0 N–H and O–H groups in total. The second kappa shape index (κ2) is 8.63. The van der Waals surface area contributed by atoms with Gasteiger partial charge in [-0.15, -0.1) is 0 Å². The van der Waals surface area contributed by atoms with Gasteiger partial charge in [-0.2, -0.15) is 0 Å². The van der Waals surface area contributed by atoms with E-state index in [1.165, 1.54) is 32.8 Å². The highest BCUT2D eigenvalue weighted by Crippen LogP contribution is 2.51. The average molecular weight is 547 g/mol. The quantitative estimate of drug-likeness (QED) is 0.205. The molecule has 194 valence electrons. The number of halogens is 1. The van der Waals surface area contributed by atoms with Crippen LogP contribution >= 0.6 is 11.6 Å². The van der Waals surface area contributed by atoms with Gasteiger partial charge < -0.3 is 4.42 Å². The molecule has 0 fully saturated rings. The third kappa shape index (κ3) is 3.27. The van der Waals surface area contributed by atoms with E-state index in [9.17, 15) is 0 Å². The fraction of sp³-hybridized carbons (Fsp3) is 0.0811. The van der Waals surface area contributed by atoms with Crippen molar-refractivity contribution in [2.24, 2.45) is 0 Å². The fourth-order valence-electron chi connectivity index (χ4n) is 7.00. The Morgan fingerprint density at radius 3 is 2.22 bits per heavy atom. The molecule has 0 radical (unpaired) electrons. The largest absolute Gasteiger partial charge is 0.455 e. The van der Waals surface area contributed by atoms with Crippen LogP contribution in [0.2, 0.25) is 5.15 Å². The summed E-state index contributed by atoms with van der Waals surface area (Å²) in [7, 11) is 0. The van der Waals surface area contributed by atoms with Crippen LogP contribution in [0.15, 0.2) is 114 Å². The van der Waals surface area contributed by atoms with Gasteiger partial charge in [0.25, 0.3) is 0 Å². The Kier molecular flexibility index (Phi) is 4.85. The smallest absolute Gasteiger partial charge is 0.151 e. The molecule has 9 rings (SSSR count). The molecule has 1 aliphatic carbocycles. The minimum Gasteiger partial charge on any atom is -0.455 e. The zero-order valence-electron chi connectivity index (χ0n) is 22.1. The molecule has 2 heterocycles. The van der Waals surface area contributed by atoms with E-state index in [2.05, 4.69) is 84.9 Å². The summed E-state index contributed by atoms with van der Waals surface area (Å²) in [5.74, 6) is -0.0964. The molecule has 1 aliphatic rings. The van der Waals surface area contributed by atoms with E-state index in [1.54, 1.807) is 0 Å². The molecule has 3 nitrogen and oxygen atoms in total. The van der Waals surface area contributed by atoms with Gasteiger partial charge in [-0.25, -0.2) is 9.97 Å². The molecule has 2 aromatic heterocycles. The van der Waals surface area contributed by atoms with Gasteiger partial charge in [0.15, 0.2) is 5.15 Å². The van der Waals surface area contributed by atoms with E-state index in [4.69, 9.17) is 26.0 Å². The lowest BCUT2D eigenvalue weighted by molar-refractivity contribution is 0.647. The summed E-state index contributed by atoms with van der Waals surface area (Å²) >= 11 is 6.99. The zero-order chi connectivity index (χ0) is 27.1. The van der Waals surface area contributed by atoms with Crippen LogP contribution in [-0.4, -0.2) is 9.97 Å². The summed E-state index contributed by atoms with van der Waals surface area (Å²) in [6.45, 7) is 0. The average Bonchev–Trinajstić information content (AvgIpc) is 3.33. The third-order valence-corrected chi connectivity index (χ3v) is 9.06. The van der Waals surface area contributed by atoms with Crippen molar-refractivity contribution < 1.29 is 4.42 Å². The summed E-state index contributed by atoms with van der Waals surface area (Å²) in [6.07, 6.45) is 1.75. The van der Waals surface area contributed by atoms with E-state index in [0.717, 1.165) is 62.5 Å². The minimum absolute atomic E-state index is 0.0964. The maximum absolute atomic E-state index is 7.03. The second-order valence-electron chi connectivity index (χ2n) is 10.9. The molecule has 1 atom stereocenters. The Hall–Kier alpha value is -4.73. The molecule has 6 aromatic carbocycles. The normalized spacial score (nSPS) is 15.0. The van der Waals surface area contributed by atoms with Gasteiger partial charge in [-0.05, 0) is 63.9 Å². The van der Waals surface area contributed by atoms with Gasteiger partial charge >= 0.3 is 0 Å². The topological polar surface area (TPSA) is 38.9 Å². The maximum Gasteiger partial charge on any atom is 0.151 e. The number of hydrogen-bond acceptors (Lipinski definition) is 3. The van der Waals surface area contributed by atoms with Crippen molar-refractivity contribution in [2.45, 2.75) is 18.8 Å². The summed E-state index contributed by atoms with van der Waals surface area (Å²) < 4.78 is 7.03. The molecule has 0 amide bonds. The summed E-state index contributed by atoms with van der Waals surface area (Å²) in [5.41, 5.74) is 9.23. The lowest BCUT2D eigenvalue weighted by Gasteiger charge is -2.21. The Morgan fingerprint density at radius 1 is 0.634 bits per heavy atom. The van der Waals surface area contributed by atoms with E-state index < -0.39 is 0 Å². The van der Waals surface area contributed by atoms with Crippen LogP contribution in [0.3, 0.4) is 0 Å². The predicted octanol–water partition coefficient (Wildman–Crippen LogP) is 10.2. The number of aromatic nitrogens is 2. The molecule has 0 aliphatic heterocycles. The SMILES string of the molecule is Clc1nc2ccccc2nc1C1CCc2ccccc2-c2c1c1oc3c4ccccc4ccc3c1c1ccccc21. The standard InChI is InChI=1S/C37H23ClN2O/c38-37-34(39-29-15-7-8-16-30(29)40-37)27-19-17-21-9-1-3-11-23(21)31-25-13-5-6-14-26(25)32-28-20-18-22-10-2-4-12-24(22)35(28)41-36(32)33(27)31/h1-16,18,20,27H,17,19H2. The molecular weight excluding hydrogens is 524 g/mol. The van der Waals surface area contributed by atoms with Crippen LogP contribution in [0.5, 0.6) is 0 Å². The molecule has 8 aromatic rings. The van der Waals surface area contributed by atoms with Gasteiger partial charge in [0.05, 0.1) is 16.7 Å². The molecule has 0 saturated carbocycles. The van der Waals surface area contributed by atoms with Crippen LogP contribution in [0.25, 0.3) is 65.6 Å². The number of furan rings is 1. The van der Waals surface area contributed by atoms with Crippen molar-refractivity contribution in [2.75, 3.05) is 0 Å². The molecule has 4 heteroatoms. The first-order chi connectivity index (χ1) is 20.3. The van der Waals surface area contributed by atoms with Crippen LogP contribution < -0.4 is 0 Å². The van der Waals surface area contributed by atoms with Crippen LogP contribution in [-0.2, 0) is 6.42 Å². The molecule has 0 saturated heterocycles. The first kappa shape index (κ1) is 23.0. The van der Waals surface area contributed by atoms with Gasteiger partial charge in [-0.3, -0.25) is 0 Å². The summed E-state index contributed by atoms with van der Waals surface area (Å²) in [5, 5.41) is 7.43. The van der Waals surface area contributed by atoms with Crippen molar-refractivity contribution >= 4 is 66.1 Å². The maximum atomic E-state index is 7.03. The number of rotatable bonds is 1. The summed E-state index contributed by atoms with van der Waals surface area (Å²) in [4.78, 5) is 9.96. The summed E-state index contributed by atoms with van der Waals surface area (Å²) in [6, 6.07) is 38.3. The van der Waals surface area contributed by atoms with Gasteiger partial charge in [0.2, 0.25) is 0 Å². The van der Waals surface area contributed by atoms with E-state index in [1.807, 2.05) is 24.3 Å². The highest BCUT2D eigenvalue weighted by molar-refractivity contribution is 6.31. The van der Waals surface area contributed by atoms with E-state index in [-0.39, 0.29) is 5.92 Å². The number of benzene rings is 6. The van der Waals surface area contributed by atoms with Crippen LogP contribution in [0.1, 0.15) is 29.2 Å². The Balaban J connectivity index is 1.50. The molecular formula is C37H23ClN2O. The minimum atomic E-state index is -0.0964. The number of para-hydroxylation sites is 2. The number of hydrogen-bond donors (Lipinski definition) is 0. The van der Waals surface area contributed by atoms with E-state index >= 15 is 0 Å².